The quantitative estimate of drug-likeness (QED) is 0.694. The first-order valence-electron chi connectivity index (χ1n) is 7.83. The van der Waals surface area contributed by atoms with Crippen LogP contribution in [-0.4, -0.2) is 19.3 Å². The maximum Gasteiger partial charge on any atom is 0.257 e. The maximum atomic E-state index is 13.1. The lowest BCUT2D eigenvalue weighted by Crippen LogP contribution is -2.17. The summed E-state index contributed by atoms with van der Waals surface area (Å²) in [6, 6.07) is 10.0. The lowest BCUT2D eigenvalue weighted by Gasteiger charge is -2.07. The van der Waals surface area contributed by atoms with Crippen LogP contribution in [0.15, 0.2) is 47.4 Å². The minimum Gasteiger partial charge on any atom is -0.298 e. The summed E-state index contributed by atoms with van der Waals surface area (Å²) >= 11 is 1.27. The number of amides is 1. The summed E-state index contributed by atoms with van der Waals surface area (Å²) < 4.78 is 36.1. The van der Waals surface area contributed by atoms with Crippen molar-refractivity contribution in [3.8, 4) is 11.3 Å². The number of carbonyl (C=O) groups is 1. The second kappa shape index (κ2) is 7.18. The first-order valence-corrected chi connectivity index (χ1v) is 10.2. The van der Waals surface area contributed by atoms with Crippen LogP contribution in [0.5, 0.6) is 0 Å². The van der Waals surface area contributed by atoms with Crippen molar-refractivity contribution in [1.82, 2.24) is 4.98 Å². The molecule has 140 valence electrons. The highest BCUT2D eigenvalue weighted by molar-refractivity contribution is 7.89. The van der Waals surface area contributed by atoms with Crippen LogP contribution in [-0.2, 0) is 10.0 Å². The van der Waals surface area contributed by atoms with E-state index < -0.39 is 15.9 Å². The Bertz CT molecular complexity index is 1120. The first kappa shape index (κ1) is 19.2. The highest BCUT2D eigenvalue weighted by atomic mass is 32.2. The minimum atomic E-state index is -3.91. The van der Waals surface area contributed by atoms with Crippen molar-refractivity contribution in [1.29, 1.82) is 0 Å². The zero-order chi connectivity index (χ0) is 19.8. The second-order valence-corrected chi connectivity index (χ2v) is 8.67. The van der Waals surface area contributed by atoms with Crippen molar-refractivity contribution in [2.45, 2.75) is 18.7 Å². The summed E-state index contributed by atoms with van der Waals surface area (Å²) in [5, 5.41) is 8.17. The van der Waals surface area contributed by atoms with Crippen molar-refractivity contribution in [2.24, 2.45) is 5.14 Å². The molecule has 0 saturated carbocycles. The molecule has 1 heterocycles. The molecule has 3 aromatic rings. The molecule has 0 aliphatic heterocycles. The van der Waals surface area contributed by atoms with Crippen LogP contribution in [0.4, 0.5) is 9.52 Å². The number of benzene rings is 2. The third-order valence-electron chi connectivity index (χ3n) is 3.92. The summed E-state index contributed by atoms with van der Waals surface area (Å²) in [4.78, 5) is 17.7. The average molecular weight is 405 g/mol. The maximum absolute atomic E-state index is 13.1. The van der Waals surface area contributed by atoms with Crippen LogP contribution in [0.3, 0.4) is 0 Å². The van der Waals surface area contributed by atoms with Gasteiger partial charge in [0.15, 0.2) is 5.13 Å². The fourth-order valence-corrected chi connectivity index (χ4v) is 3.88. The molecule has 6 nitrogen and oxygen atoms in total. The highest BCUT2D eigenvalue weighted by Gasteiger charge is 2.17. The number of nitrogens with zero attached hydrogens (tertiary/aromatic N) is 1. The molecule has 27 heavy (non-hydrogen) atoms. The van der Waals surface area contributed by atoms with Gasteiger partial charge in [-0.2, -0.15) is 0 Å². The number of hydrogen-bond acceptors (Lipinski definition) is 5. The zero-order valence-electron chi connectivity index (χ0n) is 14.5. The standard InChI is InChI=1S/C18H16FN3O3S2/c1-10-3-8-14(27(20,24)25)9-15(10)17(23)22-18-21-16(11(2)26-18)12-4-6-13(19)7-5-12/h3-9H,1-2H3,(H2,20,24,25)(H,21,22,23). The van der Waals surface area contributed by atoms with Crippen molar-refractivity contribution >= 4 is 32.4 Å². The molecule has 0 fully saturated rings. The van der Waals surface area contributed by atoms with E-state index >= 15 is 0 Å². The van der Waals surface area contributed by atoms with Gasteiger partial charge < -0.3 is 0 Å². The van der Waals surface area contributed by atoms with Crippen LogP contribution in [0, 0.1) is 19.7 Å². The van der Waals surface area contributed by atoms with Gasteiger partial charge in [-0.3, -0.25) is 10.1 Å². The zero-order valence-corrected chi connectivity index (χ0v) is 16.1. The summed E-state index contributed by atoms with van der Waals surface area (Å²) in [5.41, 5.74) is 2.17. The highest BCUT2D eigenvalue weighted by Crippen LogP contribution is 2.31. The van der Waals surface area contributed by atoms with E-state index in [0.29, 0.717) is 16.4 Å². The van der Waals surface area contributed by atoms with Crippen LogP contribution in [0.1, 0.15) is 20.8 Å². The number of rotatable bonds is 4. The van der Waals surface area contributed by atoms with E-state index in [0.717, 1.165) is 10.4 Å². The molecule has 0 spiro atoms. The Morgan fingerprint density at radius 1 is 1.15 bits per heavy atom. The number of aryl methyl sites for hydroxylation is 2. The molecular formula is C18H16FN3O3S2. The molecule has 0 bridgehead atoms. The molecule has 9 heteroatoms. The predicted molar refractivity (Wildman–Crippen MR) is 103 cm³/mol. The predicted octanol–water partition coefficient (Wildman–Crippen LogP) is 3.47. The SMILES string of the molecule is Cc1ccc(S(N)(=O)=O)cc1C(=O)Nc1nc(-c2ccc(F)cc2)c(C)s1. The lowest BCUT2D eigenvalue weighted by molar-refractivity contribution is 0.102. The van der Waals surface area contributed by atoms with Gasteiger partial charge in [0.1, 0.15) is 5.82 Å². The van der Waals surface area contributed by atoms with Gasteiger partial charge in [0.05, 0.1) is 10.6 Å². The summed E-state index contributed by atoms with van der Waals surface area (Å²) in [7, 11) is -3.91. The average Bonchev–Trinajstić information content (AvgIpc) is 2.95. The number of hydrogen-bond donors (Lipinski definition) is 2. The van der Waals surface area contributed by atoms with E-state index in [1.165, 1.54) is 41.7 Å². The number of nitrogens with one attached hydrogen (secondary N) is 1. The van der Waals surface area contributed by atoms with Gasteiger partial charge in [0.25, 0.3) is 5.91 Å². The van der Waals surface area contributed by atoms with Gasteiger partial charge in [-0.1, -0.05) is 6.07 Å². The van der Waals surface area contributed by atoms with Gasteiger partial charge in [-0.25, -0.2) is 22.9 Å². The lowest BCUT2D eigenvalue weighted by atomic mass is 10.1. The third kappa shape index (κ3) is 4.21. The molecule has 1 aromatic heterocycles. The largest absolute Gasteiger partial charge is 0.298 e. The van der Waals surface area contributed by atoms with Crippen LogP contribution >= 0.6 is 11.3 Å². The third-order valence-corrected chi connectivity index (χ3v) is 5.71. The number of sulfonamides is 1. The Morgan fingerprint density at radius 3 is 2.44 bits per heavy atom. The van der Waals surface area contributed by atoms with Crippen molar-refractivity contribution < 1.29 is 17.6 Å². The molecule has 0 saturated heterocycles. The summed E-state index contributed by atoms with van der Waals surface area (Å²) in [6.07, 6.45) is 0. The molecule has 0 unspecified atom stereocenters. The molecule has 0 aliphatic carbocycles. The fourth-order valence-electron chi connectivity index (χ4n) is 2.51. The molecule has 3 N–H and O–H groups in total. The fraction of sp³-hybridized carbons (Fsp3) is 0.111. The monoisotopic (exact) mass is 405 g/mol. The Kier molecular flexibility index (Phi) is 5.09. The van der Waals surface area contributed by atoms with E-state index in [9.17, 15) is 17.6 Å². The van der Waals surface area contributed by atoms with Crippen molar-refractivity contribution in [3.05, 3.63) is 64.3 Å². The summed E-state index contributed by atoms with van der Waals surface area (Å²) in [5.74, 6) is -0.831. The molecule has 3 rings (SSSR count). The van der Waals surface area contributed by atoms with Crippen LogP contribution in [0.25, 0.3) is 11.3 Å². The molecule has 0 atom stereocenters. The normalized spacial score (nSPS) is 11.4. The molecule has 1 amide bonds. The number of anilines is 1. The van der Waals surface area contributed by atoms with Crippen molar-refractivity contribution in [2.75, 3.05) is 5.32 Å². The molecule has 0 radical (unpaired) electrons. The number of aromatic nitrogens is 1. The minimum absolute atomic E-state index is 0.138. The van der Waals surface area contributed by atoms with Gasteiger partial charge in [0.2, 0.25) is 10.0 Å². The Labute approximate surface area is 159 Å². The Hall–Kier alpha value is -2.62. The van der Waals surface area contributed by atoms with Crippen molar-refractivity contribution in [3.63, 3.8) is 0 Å². The van der Waals surface area contributed by atoms with E-state index in [2.05, 4.69) is 10.3 Å². The van der Waals surface area contributed by atoms with E-state index in [4.69, 9.17) is 5.14 Å². The van der Waals surface area contributed by atoms with Gasteiger partial charge in [-0.15, -0.1) is 11.3 Å². The topological polar surface area (TPSA) is 102 Å². The van der Waals surface area contributed by atoms with Gasteiger partial charge in [-0.05, 0) is 55.8 Å². The van der Waals surface area contributed by atoms with Crippen LogP contribution < -0.4 is 10.5 Å². The number of nitrogens with two attached hydrogens (primary N) is 1. The number of thiazole rings is 1. The van der Waals surface area contributed by atoms with E-state index in [1.807, 2.05) is 6.92 Å². The number of primary sulfonamides is 1. The molecule has 2 aromatic carbocycles. The van der Waals surface area contributed by atoms with E-state index in [1.54, 1.807) is 19.1 Å². The summed E-state index contributed by atoms with van der Waals surface area (Å²) in [6.45, 7) is 3.54. The molecule has 0 aliphatic rings. The second-order valence-electron chi connectivity index (χ2n) is 5.91. The smallest absolute Gasteiger partial charge is 0.257 e. The van der Waals surface area contributed by atoms with Gasteiger partial charge in [0, 0.05) is 16.0 Å². The Morgan fingerprint density at radius 2 is 1.81 bits per heavy atom. The molecular weight excluding hydrogens is 389 g/mol. The van der Waals surface area contributed by atoms with Gasteiger partial charge >= 0.3 is 0 Å². The number of carbonyl (C=O) groups excluding carboxylic acids is 1. The van der Waals surface area contributed by atoms with Crippen LogP contribution in [0.2, 0.25) is 0 Å². The number of halogens is 1. The van der Waals surface area contributed by atoms with E-state index in [-0.39, 0.29) is 16.3 Å². The first-order chi connectivity index (χ1) is 12.6. The Balaban J connectivity index is 1.89.